The molecule has 0 aliphatic heterocycles. The third kappa shape index (κ3) is 1.86. The van der Waals surface area contributed by atoms with Gasteiger partial charge in [-0.3, -0.25) is 0 Å². The number of alkyl halides is 1. The highest BCUT2D eigenvalue weighted by atomic mass is 35.5. The van der Waals surface area contributed by atoms with Gasteiger partial charge in [0, 0.05) is 0 Å². The molecule has 2 unspecified atom stereocenters. The van der Waals surface area contributed by atoms with Crippen molar-refractivity contribution < 1.29 is 4.74 Å². The van der Waals surface area contributed by atoms with E-state index >= 15 is 0 Å². The second-order valence-corrected chi connectivity index (χ2v) is 4.40. The summed E-state index contributed by atoms with van der Waals surface area (Å²) in [5.74, 6) is 0.785. The summed E-state index contributed by atoms with van der Waals surface area (Å²) in [7, 11) is 1.64. The molecule has 84 valence electrons. The van der Waals surface area contributed by atoms with Crippen LogP contribution in [0.4, 0.5) is 0 Å². The molecule has 3 heteroatoms. The monoisotopic (exact) mass is 235 g/mol. The van der Waals surface area contributed by atoms with Crippen molar-refractivity contribution in [2.45, 2.75) is 10.9 Å². The van der Waals surface area contributed by atoms with Crippen molar-refractivity contribution in [2.24, 2.45) is 5.73 Å². The minimum atomic E-state index is -0.677. The molecule has 1 aromatic rings. The molecule has 0 spiro atoms. The lowest BCUT2D eigenvalue weighted by atomic mass is 9.87. The molecule has 1 aliphatic carbocycles. The predicted octanol–water partition coefficient (Wildman–Crippen LogP) is 2.58. The Hall–Kier alpha value is -1.25. The minimum absolute atomic E-state index is 0.230. The third-order valence-corrected chi connectivity index (χ3v) is 3.36. The molecule has 2 atom stereocenters. The van der Waals surface area contributed by atoms with Crippen LogP contribution in [0.5, 0.6) is 5.75 Å². The van der Waals surface area contributed by atoms with Crippen LogP contribution in [0.25, 0.3) is 0 Å². The summed E-state index contributed by atoms with van der Waals surface area (Å²) in [4.78, 5) is -0.677. The summed E-state index contributed by atoms with van der Waals surface area (Å²) in [6.45, 7) is 0. The zero-order valence-electron chi connectivity index (χ0n) is 9.06. The van der Waals surface area contributed by atoms with Crippen LogP contribution >= 0.6 is 11.6 Å². The average molecular weight is 236 g/mol. The Bertz CT molecular complexity index is 441. The summed E-state index contributed by atoms with van der Waals surface area (Å²) < 4.78 is 5.18. The fourth-order valence-corrected chi connectivity index (χ4v) is 2.04. The molecule has 0 fully saturated rings. The molecule has 0 bridgehead atoms. The molecular weight excluding hydrogens is 222 g/mol. The van der Waals surface area contributed by atoms with Gasteiger partial charge in [-0.2, -0.15) is 0 Å². The molecule has 16 heavy (non-hydrogen) atoms. The van der Waals surface area contributed by atoms with Gasteiger partial charge in [0.2, 0.25) is 0 Å². The van der Waals surface area contributed by atoms with Crippen LogP contribution in [0, 0.1) is 0 Å². The van der Waals surface area contributed by atoms with Gasteiger partial charge in [-0.25, -0.2) is 0 Å². The van der Waals surface area contributed by atoms with E-state index in [2.05, 4.69) is 0 Å². The molecule has 1 aromatic carbocycles. The van der Waals surface area contributed by atoms with Gasteiger partial charge in [0.05, 0.1) is 13.2 Å². The molecule has 0 saturated heterocycles. The van der Waals surface area contributed by atoms with Gasteiger partial charge in [0.15, 0.2) is 0 Å². The van der Waals surface area contributed by atoms with Crippen LogP contribution in [-0.4, -0.2) is 13.2 Å². The number of hydrogen-bond donors (Lipinski definition) is 1. The minimum Gasteiger partial charge on any atom is -0.497 e. The second kappa shape index (κ2) is 4.32. The number of nitrogens with two attached hydrogens (primary N) is 1. The van der Waals surface area contributed by atoms with E-state index in [1.54, 1.807) is 7.11 Å². The van der Waals surface area contributed by atoms with Crippen molar-refractivity contribution in [2.75, 3.05) is 7.11 Å². The van der Waals surface area contributed by atoms with E-state index in [-0.39, 0.29) is 6.04 Å². The first-order valence-corrected chi connectivity index (χ1v) is 5.49. The highest BCUT2D eigenvalue weighted by Crippen LogP contribution is 2.37. The van der Waals surface area contributed by atoms with Gasteiger partial charge in [0.25, 0.3) is 0 Å². The molecule has 0 saturated carbocycles. The molecule has 2 rings (SSSR count). The standard InChI is InChI=1S/C13H14ClNO/c1-16-11-6-4-5-10(9-11)13(14)8-3-2-7-12(13)15/h2-9,12H,15H2,1H3. The van der Waals surface area contributed by atoms with Crippen LogP contribution in [0.15, 0.2) is 48.6 Å². The normalized spacial score (nSPS) is 28.1. The molecule has 0 aromatic heterocycles. The largest absolute Gasteiger partial charge is 0.497 e. The van der Waals surface area contributed by atoms with Gasteiger partial charge in [-0.1, -0.05) is 36.4 Å². The molecular formula is C13H14ClNO. The number of hydrogen-bond acceptors (Lipinski definition) is 2. The van der Waals surface area contributed by atoms with E-state index < -0.39 is 4.87 Å². The summed E-state index contributed by atoms with van der Waals surface area (Å²) in [5.41, 5.74) is 6.97. The molecule has 1 aliphatic rings. The maximum Gasteiger partial charge on any atom is 0.119 e. The van der Waals surface area contributed by atoms with Crippen molar-refractivity contribution in [3.05, 3.63) is 54.1 Å². The number of ether oxygens (including phenoxy) is 1. The van der Waals surface area contributed by atoms with E-state index in [1.165, 1.54) is 0 Å². The smallest absolute Gasteiger partial charge is 0.119 e. The van der Waals surface area contributed by atoms with E-state index in [1.807, 2.05) is 48.6 Å². The molecule has 0 heterocycles. The van der Waals surface area contributed by atoms with Crippen LogP contribution in [0.1, 0.15) is 5.56 Å². The van der Waals surface area contributed by atoms with Crippen LogP contribution in [0.2, 0.25) is 0 Å². The Morgan fingerprint density at radius 1 is 1.38 bits per heavy atom. The van der Waals surface area contributed by atoms with Crippen LogP contribution in [0.3, 0.4) is 0 Å². The zero-order valence-corrected chi connectivity index (χ0v) is 9.82. The lowest BCUT2D eigenvalue weighted by molar-refractivity contribution is 0.413. The summed E-state index contributed by atoms with van der Waals surface area (Å²) >= 11 is 6.56. The van der Waals surface area contributed by atoms with Gasteiger partial charge in [-0.15, -0.1) is 11.6 Å². The Labute approximate surface area is 100 Å². The SMILES string of the molecule is COc1cccc(C2(Cl)C=CC=CC2N)c1. The lowest BCUT2D eigenvalue weighted by Crippen LogP contribution is -2.39. The van der Waals surface area contributed by atoms with Gasteiger partial charge < -0.3 is 10.5 Å². The van der Waals surface area contributed by atoms with Gasteiger partial charge in [-0.05, 0) is 17.7 Å². The van der Waals surface area contributed by atoms with Crippen molar-refractivity contribution in [3.8, 4) is 5.75 Å². The number of allylic oxidation sites excluding steroid dienone is 2. The van der Waals surface area contributed by atoms with E-state index in [4.69, 9.17) is 22.1 Å². The molecule has 0 radical (unpaired) electrons. The molecule has 0 amide bonds. The van der Waals surface area contributed by atoms with Crippen molar-refractivity contribution in [1.82, 2.24) is 0 Å². The average Bonchev–Trinajstić information content (AvgIpc) is 2.33. The highest BCUT2D eigenvalue weighted by molar-refractivity contribution is 6.26. The van der Waals surface area contributed by atoms with E-state index in [9.17, 15) is 0 Å². The van der Waals surface area contributed by atoms with Crippen LogP contribution in [-0.2, 0) is 4.87 Å². The first kappa shape index (κ1) is 11.2. The second-order valence-electron chi connectivity index (χ2n) is 3.77. The summed E-state index contributed by atoms with van der Waals surface area (Å²) in [6.07, 6.45) is 7.63. The van der Waals surface area contributed by atoms with Crippen molar-refractivity contribution >= 4 is 11.6 Å². The fraction of sp³-hybridized carbons (Fsp3) is 0.231. The Morgan fingerprint density at radius 3 is 2.88 bits per heavy atom. The summed E-state index contributed by atoms with van der Waals surface area (Å²) in [6, 6.07) is 7.44. The summed E-state index contributed by atoms with van der Waals surface area (Å²) in [5, 5.41) is 0. The first-order chi connectivity index (χ1) is 7.66. The third-order valence-electron chi connectivity index (χ3n) is 2.77. The maximum atomic E-state index is 6.56. The van der Waals surface area contributed by atoms with E-state index in [0.717, 1.165) is 11.3 Å². The molecule has 2 N–H and O–H groups in total. The predicted molar refractivity (Wildman–Crippen MR) is 66.8 cm³/mol. The number of benzene rings is 1. The molecule has 2 nitrogen and oxygen atoms in total. The Balaban J connectivity index is 2.42. The first-order valence-electron chi connectivity index (χ1n) is 5.12. The van der Waals surface area contributed by atoms with Gasteiger partial charge in [0.1, 0.15) is 10.6 Å². The van der Waals surface area contributed by atoms with Crippen molar-refractivity contribution in [1.29, 1.82) is 0 Å². The fourth-order valence-electron chi connectivity index (χ4n) is 1.78. The Kier molecular flexibility index (Phi) is 3.03. The van der Waals surface area contributed by atoms with E-state index in [0.29, 0.717) is 0 Å². The zero-order chi connectivity index (χ0) is 11.6. The topological polar surface area (TPSA) is 35.2 Å². The number of methoxy groups -OCH3 is 1. The van der Waals surface area contributed by atoms with Crippen LogP contribution < -0.4 is 10.5 Å². The van der Waals surface area contributed by atoms with Crippen molar-refractivity contribution in [3.63, 3.8) is 0 Å². The number of rotatable bonds is 2. The maximum absolute atomic E-state index is 6.56. The quantitative estimate of drug-likeness (QED) is 0.800. The van der Waals surface area contributed by atoms with Gasteiger partial charge >= 0.3 is 0 Å². The highest BCUT2D eigenvalue weighted by Gasteiger charge is 2.33. The Morgan fingerprint density at radius 2 is 2.19 bits per heavy atom. The lowest BCUT2D eigenvalue weighted by Gasteiger charge is -2.30. The number of halogens is 1.